The normalized spacial score (nSPS) is 14.8. The maximum Gasteiger partial charge on any atom is 0.338 e. The molecule has 6 nitrogen and oxygen atoms in total. The molecule has 0 aliphatic carbocycles. The minimum absolute atomic E-state index is 0.329. The number of ether oxygens (including phenoxy) is 2. The van der Waals surface area contributed by atoms with Gasteiger partial charge in [-0.15, -0.1) is 0 Å². The van der Waals surface area contributed by atoms with Gasteiger partial charge in [0.1, 0.15) is 11.6 Å². The molecular weight excluding hydrogens is 418 g/mol. The van der Waals surface area contributed by atoms with Crippen molar-refractivity contribution in [3.05, 3.63) is 71.3 Å². The number of benzene rings is 2. The molecular formula is C24H28F2N2O4. The van der Waals surface area contributed by atoms with Crippen LogP contribution in [0.1, 0.15) is 33.6 Å². The van der Waals surface area contributed by atoms with Gasteiger partial charge in [0.15, 0.2) is 0 Å². The van der Waals surface area contributed by atoms with Gasteiger partial charge in [0.05, 0.1) is 24.3 Å². The molecule has 0 aromatic heterocycles. The molecule has 0 radical (unpaired) electrons. The SMILES string of the molecule is O=C(OCCCN1CCN(CCCOC(=O)c2ccc(F)cc2)CC1)c1ccc(F)cc1. The molecule has 8 heteroatoms. The zero-order valence-corrected chi connectivity index (χ0v) is 18.0. The van der Waals surface area contributed by atoms with Crippen LogP contribution >= 0.6 is 0 Å². The van der Waals surface area contributed by atoms with Gasteiger partial charge in [0, 0.05) is 39.3 Å². The van der Waals surface area contributed by atoms with Crippen LogP contribution in [0.15, 0.2) is 48.5 Å². The second kappa shape index (κ2) is 12.3. The van der Waals surface area contributed by atoms with E-state index in [-0.39, 0.29) is 11.6 Å². The van der Waals surface area contributed by atoms with Crippen molar-refractivity contribution in [2.75, 3.05) is 52.5 Å². The number of rotatable bonds is 10. The molecule has 0 unspecified atom stereocenters. The van der Waals surface area contributed by atoms with Gasteiger partial charge in [-0.25, -0.2) is 18.4 Å². The van der Waals surface area contributed by atoms with E-state index < -0.39 is 11.9 Å². The molecule has 1 aliphatic heterocycles. The van der Waals surface area contributed by atoms with Crippen molar-refractivity contribution < 1.29 is 27.8 Å². The van der Waals surface area contributed by atoms with Gasteiger partial charge in [0.25, 0.3) is 0 Å². The van der Waals surface area contributed by atoms with Crippen LogP contribution in [0.3, 0.4) is 0 Å². The highest BCUT2D eigenvalue weighted by atomic mass is 19.1. The first kappa shape index (κ1) is 23.8. The van der Waals surface area contributed by atoms with Crippen LogP contribution in [0.2, 0.25) is 0 Å². The summed E-state index contributed by atoms with van der Waals surface area (Å²) in [6.07, 6.45) is 1.48. The molecule has 0 N–H and O–H groups in total. The summed E-state index contributed by atoms with van der Waals surface area (Å²) in [6.45, 7) is 6.08. The summed E-state index contributed by atoms with van der Waals surface area (Å²) in [6, 6.07) is 10.6. The standard InChI is InChI=1S/C24H28F2N2O4/c25-21-7-3-19(4-8-21)23(29)31-17-1-11-27-13-15-28(16-14-27)12-2-18-32-24(30)20-5-9-22(26)10-6-20/h3-10H,1-2,11-18H2. The second-order valence-electron chi connectivity index (χ2n) is 7.68. The Bertz CT molecular complexity index is 793. The molecule has 3 rings (SSSR count). The van der Waals surface area contributed by atoms with Crippen molar-refractivity contribution in [1.82, 2.24) is 9.80 Å². The van der Waals surface area contributed by atoms with E-state index in [4.69, 9.17) is 9.47 Å². The summed E-state index contributed by atoms with van der Waals surface area (Å²) in [5, 5.41) is 0. The molecule has 0 bridgehead atoms. The topological polar surface area (TPSA) is 59.1 Å². The zero-order chi connectivity index (χ0) is 22.8. The van der Waals surface area contributed by atoms with E-state index in [0.717, 1.165) is 52.1 Å². The first-order chi connectivity index (χ1) is 15.5. The fourth-order valence-corrected chi connectivity index (χ4v) is 3.48. The zero-order valence-electron chi connectivity index (χ0n) is 18.0. The third-order valence-electron chi connectivity index (χ3n) is 5.33. The Labute approximate surface area is 186 Å². The van der Waals surface area contributed by atoms with Crippen molar-refractivity contribution in [3.63, 3.8) is 0 Å². The lowest BCUT2D eigenvalue weighted by atomic mass is 10.2. The van der Waals surface area contributed by atoms with Crippen LogP contribution in [-0.4, -0.2) is 74.2 Å². The maximum absolute atomic E-state index is 12.9. The fourth-order valence-electron chi connectivity index (χ4n) is 3.48. The second-order valence-corrected chi connectivity index (χ2v) is 7.68. The number of piperazine rings is 1. The van der Waals surface area contributed by atoms with Crippen LogP contribution in [0.25, 0.3) is 0 Å². The van der Waals surface area contributed by atoms with Crippen LogP contribution in [0, 0.1) is 11.6 Å². The number of hydrogen-bond acceptors (Lipinski definition) is 6. The van der Waals surface area contributed by atoms with Crippen molar-refractivity contribution in [3.8, 4) is 0 Å². The molecule has 32 heavy (non-hydrogen) atoms. The Hall–Kier alpha value is -2.84. The highest BCUT2D eigenvalue weighted by Gasteiger charge is 2.17. The lowest BCUT2D eigenvalue weighted by molar-refractivity contribution is 0.0448. The Morgan fingerprint density at radius 3 is 1.34 bits per heavy atom. The molecule has 172 valence electrons. The predicted octanol–water partition coefficient (Wildman–Crippen LogP) is 3.38. The van der Waals surface area contributed by atoms with Gasteiger partial charge in [0.2, 0.25) is 0 Å². The molecule has 1 fully saturated rings. The Morgan fingerprint density at radius 1 is 0.656 bits per heavy atom. The molecule has 0 saturated carbocycles. The monoisotopic (exact) mass is 446 g/mol. The Kier molecular flexibility index (Phi) is 9.13. The van der Waals surface area contributed by atoms with E-state index in [9.17, 15) is 18.4 Å². The third kappa shape index (κ3) is 7.69. The lowest BCUT2D eigenvalue weighted by Crippen LogP contribution is -2.47. The van der Waals surface area contributed by atoms with E-state index in [2.05, 4.69) is 9.80 Å². The number of carbonyl (C=O) groups excluding carboxylic acids is 2. The Balaban J connectivity index is 1.22. The molecule has 2 aromatic carbocycles. The number of hydrogen-bond donors (Lipinski definition) is 0. The summed E-state index contributed by atoms with van der Waals surface area (Å²) in [5.41, 5.74) is 0.701. The van der Waals surface area contributed by atoms with Crippen molar-refractivity contribution >= 4 is 11.9 Å². The van der Waals surface area contributed by atoms with E-state index in [1.54, 1.807) is 0 Å². The molecule has 0 atom stereocenters. The number of halogens is 2. The van der Waals surface area contributed by atoms with Crippen molar-refractivity contribution in [2.45, 2.75) is 12.8 Å². The average molecular weight is 446 g/mol. The fraction of sp³-hybridized carbons (Fsp3) is 0.417. The largest absolute Gasteiger partial charge is 0.462 e. The van der Waals surface area contributed by atoms with Crippen LogP contribution < -0.4 is 0 Å². The highest BCUT2D eigenvalue weighted by molar-refractivity contribution is 5.89. The minimum Gasteiger partial charge on any atom is -0.462 e. The molecule has 0 spiro atoms. The number of esters is 2. The number of carbonyl (C=O) groups is 2. The molecule has 1 aliphatic rings. The van der Waals surface area contributed by atoms with E-state index in [1.807, 2.05) is 0 Å². The molecule has 1 saturated heterocycles. The smallest absolute Gasteiger partial charge is 0.338 e. The van der Waals surface area contributed by atoms with E-state index in [1.165, 1.54) is 48.5 Å². The van der Waals surface area contributed by atoms with Gasteiger partial charge in [-0.1, -0.05) is 0 Å². The van der Waals surface area contributed by atoms with Crippen LogP contribution in [0.5, 0.6) is 0 Å². The van der Waals surface area contributed by atoms with Gasteiger partial charge in [-0.05, 0) is 61.4 Å². The van der Waals surface area contributed by atoms with E-state index >= 15 is 0 Å². The van der Waals surface area contributed by atoms with Gasteiger partial charge in [-0.2, -0.15) is 0 Å². The molecule has 1 heterocycles. The quantitative estimate of drug-likeness (QED) is 0.412. The predicted molar refractivity (Wildman–Crippen MR) is 115 cm³/mol. The lowest BCUT2D eigenvalue weighted by Gasteiger charge is -2.34. The van der Waals surface area contributed by atoms with Gasteiger partial charge < -0.3 is 19.3 Å². The number of nitrogens with zero attached hydrogens (tertiary/aromatic N) is 2. The van der Waals surface area contributed by atoms with Crippen LogP contribution in [-0.2, 0) is 9.47 Å². The maximum atomic E-state index is 12.9. The molecule has 2 aromatic rings. The molecule has 0 amide bonds. The third-order valence-corrected chi connectivity index (χ3v) is 5.33. The minimum atomic E-state index is -0.435. The summed E-state index contributed by atoms with van der Waals surface area (Å²) in [4.78, 5) is 28.5. The highest BCUT2D eigenvalue weighted by Crippen LogP contribution is 2.08. The van der Waals surface area contributed by atoms with E-state index in [0.29, 0.717) is 24.3 Å². The van der Waals surface area contributed by atoms with Gasteiger partial charge in [-0.3, -0.25) is 0 Å². The summed E-state index contributed by atoms with van der Waals surface area (Å²) in [5.74, 6) is -1.64. The van der Waals surface area contributed by atoms with Gasteiger partial charge >= 0.3 is 11.9 Å². The van der Waals surface area contributed by atoms with Crippen molar-refractivity contribution in [2.24, 2.45) is 0 Å². The summed E-state index contributed by atoms with van der Waals surface area (Å²) < 4.78 is 36.3. The van der Waals surface area contributed by atoms with Crippen molar-refractivity contribution in [1.29, 1.82) is 0 Å². The first-order valence-electron chi connectivity index (χ1n) is 10.8. The average Bonchev–Trinajstić information content (AvgIpc) is 2.81. The van der Waals surface area contributed by atoms with Crippen LogP contribution in [0.4, 0.5) is 8.78 Å². The first-order valence-corrected chi connectivity index (χ1v) is 10.8. The Morgan fingerprint density at radius 2 is 1.00 bits per heavy atom. The summed E-state index contributed by atoms with van der Waals surface area (Å²) >= 11 is 0. The summed E-state index contributed by atoms with van der Waals surface area (Å²) in [7, 11) is 0.